The maximum absolute atomic E-state index is 11.5. The zero-order valence-electron chi connectivity index (χ0n) is 9.58. The van der Waals surface area contributed by atoms with Crippen LogP contribution >= 0.6 is 0 Å². The number of nitrogens with zero attached hydrogens (tertiary/aromatic N) is 2. The Hall–Kier alpha value is -2.70. The minimum Gasteiger partial charge on any atom is -0.290 e. The van der Waals surface area contributed by atoms with E-state index in [1.165, 1.54) is 16.7 Å². The summed E-state index contributed by atoms with van der Waals surface area (Å²) in [4.78, 5) is 21.6. The highest BCUT2D eigenvalue weighted by atomic mass is 16.6. The van der Waals surface area contributed by atoms with Gasteiger partial charge in [-0.3, -0.25) is 15.8 Å². The number of nitrogens with one attached hydrogen (secondary N) is 1. The van der Waals surface area contributed by atoms with Gasteiger partial charge in [0.05, 0.1) is 12.0 Å². The summed E-state index contributed by atoms with van der Waals surface area (Å²) in [5, 5.41) is 13.0. The maximum Gasteiger partial charge on any atom is 0.356 e. The normalized spacial score (nSPS) is 17.2. The van der Waals surface area contributed by atoms with Crippen LogP contribution in [0.2, 0.25) is 0 Å². The molecule has 1 aliphatic heterocycles. The van der Waals surface area contributed by atoms with E-state index in [2.05, 4.69) is 5.32 Å². The van der Waals surface area contributed by atoms with E-state index in [0.717, 1.165) is 0 Å². The lowest BCUT2D eigenvalue weighted by Crippen LogP contribution is -2.32. The highest BCUT2D eigenvalue weighted by Crippen LogP contribution is 2.15. The Morgan fingerprint density at radius 2 is 2.00 bits per heavy atom. The van der Waals surface area contributed by atoms with E-state index in [9.17, 15) is 14.9 Å². The lowest BCUT2D eigenvalue weighted by atomic mass is 10.1. The third-order valence-electron chi connectivity index (χ3n) is 2.60. The Kier molecular flexibility index (Phi) is 2.80. The van der Waals surface area contributed by atoms with Gasteiger partial charge in [-0.15, -0.1) is 0 Å². The Morgan fingerprint density at radius 3 is 2.44 bits per heavy atom. The van der Waals surface area contributed by atoms with Crippen molar-refractivity contribution in [3.63, 3.8) is 0 Å². The van der Waals surface area contributed by atoms with Crippen LogP contribution in [0.3, 0.4) is 0 Å². The number of likely N-dealkylation sites (N-methyl/N-ethyl adjacent to an activating group) is 1. The van der Waals surface area contributed by atoms with Crippen molar-refractivity contribution in [1.82, 2.24) is 5.32 Å². The van der Waals surface area contributed by atoms with Gasteiger partial charge in [0.1, 0.15) is 0 Å². The van der Waals surface area contributed by atoms with Crippen molar-refractivity contribution >= 4 is 23.6 Å². The van der Waals surface area contributed by atoms with Crippen molar-refractivity contribution in [3.8, 4) is 0 Å². The lowest BCUT2D eigenvalue weighted by molar-refractivity contribution is -0.432. The Balaban J connectivity index is 2.34. The molecule has 0 unspecified atom stereocenters. The van der Waals surface area contributed by atoms with E-state index < -0.39 is 4.92 Å². The van der Waals surface area contributed by atoms with E-state index >= 15 is 0 Å². The lowest BCUT2D eigenvalue weighted by Gasteiger charge is -1.97. The van der Waals surface area contributed by atoms with Crippen molar-refractivity contribution < 1.29 is 14.3 Å². The third-order valence-corrected chi connectivity index (χ3v) is 2.60. The van der Waals surface area contributed by atoms with Crippen LogP contribution in [0.25, 0.3) is 6.08 Å². The van der Waals surface area contributed by atoms with Crippen LogP contribution < -0.4 is 11.1 Å². The second kappa shape index (κ2) is 4.28. The van der Waals surface area contributed by atoms with Gasteiger partial charge in [-0.2, -0.15) is 0 Å². The van der Waals surface area contributed by atoms with Gasteiger partial charge in [0.15, 0.2) is 5.70 Å². The number of nitrogens with two attached hydrogens (primary N) is 1. The Labute approximate surface area is 102 Å². The number of guanidine groups is 1. The molecule has 0 saturated heterocycles. The molecule has 0 saturated carbocycles. The first-order valence-corrected chi connectivity index (χ1v) is 5.12. The van der Waals surface area contributed by atoms with Crippen LogP contribution in [0.4, 0.5) is 5.69 Å². The van der Waals surface area contributed by atoms with E-state index in [-0.39, 0.29) is 17.6 Å². The molecule has 92 valence electrons. The molecule has 7 heteroatoms. The number of rotatable bonds is 2. The number of carbonyl (C=O) groups is 1. The Bertz CT molecular complexity index is 587. The summed E-state index contributed by atoms with van der Waals surface area (Å²) in [6.45, 7) is 0. The summed E-state index contributed by atoms with van der Waals surface area (Å²) in [6, 6.07) is 5.90. The predicted molar refractivity (Wildman–Crippen MR) is 64.6 cm³/mol. The first-order valence-electron chi connectivity index (χ1n) is 5.12. The molecule has 1 heterocycles. The van der Waals surface area contributed by atoms with Crippen LogP contribution in [0.5, 0.6) is 0 Å². The monoisotopic (exact) mass is 247 g/mol. The fourth-order valence-electron chi connectivity index (χ4n) is 1.56. The minimum atomic E-state index is -0.475. The van der Waals surface area contributed by atoms with Gasteiger partial charge < -0.3 is 0 Å². The third kappa shape index (κ3) is 2.05. The molecule has 0 spiro atoms. The second-order valence-electron chi connectivity index (χ2n) is 3.78. The van der Waals surface area contributed by atoms with Gasteiger partial charge >= 0.3 is 11.9 Å². The average Bonchev–Trinajstić information content (AvgIpc) is 2.57. The number of benzene rings is 1. The molecule has 0 aromatic heterocycles. The van der Waals surface area contributed by atoms with Gasteiger partial charge in [-0.25, -0.2) is 14.7 Å². The molecular formula is C11H11N4O3+. The second-order valence-corrected chi connectivity index (χ2v) is 3.78. The summed E-state index contributed by atoms with van der Waals surface area (Å²) in [5.41, 5.74) is 6.64. The quantitative estimate of drug-likeness (QED) is 0.333. The number of hydrogen-bond donors (Lipinski definition) is 2. The maximum atomic E-state index is 11.5. The fraction of sp³-hybridized carbons (Fsp3) is 0.0909. The average molecular weight is 247 g/mol. The fourth-order valence-corrected chi connectivity index (χ4v) is 1.56. The molecule has 0 radical (unpaired) electrons. The van der Waals surface area contributed by atoms with Crippen molar-refractivity contribution in [2.75, 3.05) is 7.05 Å². The molecule has 0 atom stereocenters. The summed E-state index contributed by atoms with van der Waals surface area (Å²) in [7, 11) is 1.66. The highest BCUT2D eigenvalue weighted by Gasteiger charge is 2.28. The van der Waals surface area contributed by atoms with Gasteiger partial charge in [0.2, 0.25) is 0 Å². The minimum absolute atomic E-state index is 0.00690. The van der Waals surface area contributed by atoms with Crippen LogP contribution in [-0.4, -0.2) is 28.4 Å². The smallest absolute Gasteiger partial charge is 0.290 e. The van der Waals surface area contributed by atoms with Gasteiger partial charge in [0.25, 0.3) is 5.69 Å². The summed E-state index contributed by atoms with van der Waals surface area (Å²) >= 11 is 0. The van der Waals surface area contributed by atoms with Gasteiger partial charge in [0, 0.05) is 12.1 Å². The van der Waals surface area contributed by atoms with Gasteiger partial charge in [-0.1, -0.05) is 0 Å². The summed E-state index contributed by atoms with van der Waals surface area (Å²) < 4.78 is 1.52. The zero-order valence-corrected chi connectivity index (χ0v) is 9.58. The highest BCUT2D eigenvalue weighted by molar-refractivity contribution is 6.08. The molecule has 18 heavy (non-hydrogen) atoms. The molecular weight excluding hydrogens is 236 g/mol. The van der Waals surface area contributed by atoms with Crippen LogP contribution in [0, 0.1) is 10.1 Å². The SMILES string of the molecule is C[N+]1=C(N)NC(=O)C1=Cc1ccc([N+](=O)[O-])cc1. The molecule has 1 amide bonds. The summed E-state index contributed by atoms with van der Waals surface area (Å²) in [6.07, 6.45) is 1.61. The molecule has 2 rings (SSSR count). The van der Waals surface area contributed by atoms with E-state index in [0.29, 0.717) is 11.3 Å². The number of nitro benzene ring substituents is 1. The molecule has 3 N–H and O–H groups in total. The predicted octanol–water partition coefficient (Wildman–Crippen LogP) is 0.0225. The molecule has 1 aromatic rings. The van der Waals surface area contributed by atoms with Gasteiger partial charge in [-0.05, 0) is 23.8 Å². The largest absolute Gasteiger partial charge is 0.356 e. The molecule has 1 aromatic carbocycles. The number of amides is 1. The summed E-state index contributed by atoms with van der Waals surface area (Å²) in [5.74, 6) is -0.0403. The molecule has 1 aliphatic rings. The van der Waals surface area contributed by atoms with Crippen molar-refractivity contribution in [2.24, 2.45) is 5.73 Å². The molecule has 7 nitrogen and oxygen atoms in total. The van der Waals surface area contributed by atoms with Crippen LogP contribution in [0.15, 0.2) is 30.0 Å². The zero-order chi connectivity index (χ0) is 13.3. The first kappa shape index (κ1) is 11.8. The topological polar surface area (TPSA) is 101 Å². The standard InChI is InChI=1S/C11H10N4O3/c1-14-9(10(16)13-11(14)12)6-7-2-4-8(5-3-7)15(17)18/h2-6H,1H3,(H2,12,13,16)/p+1. The first-order chi connectivity index (χ1) is 8.49. The van der Waals surface area contributed by atoms with Crippen LogP contribution in [-0.2, 0) is 4.79 Å². The van der Waals surface area contributed by atoms with E-state index in [4.69, 9.17) is 5.73 Å². The molecule has 0 fully saturated rings. The Morgan fingerprint density at radius 1 is 1.39 bits per heavy atom. The van der Waals surface area contributed by atoms with E-state index in [1.54, 1.807) is 25.3 Å². The van der Waals surface area contributed by atoms with E-state index in [1.807, 2.05) is 0 Å². The molecule has 0 aliphatic carbocycles. The number of hydrogen-bond acceptors (Lipinski definition) is 4. The molecule has 0 bridgehead atoms. The van der Waals surface area contributed by atoms with Crippen molar-refractivity contribution in [2.45, 2.75) is 0 Å². The van der Waals surface area contributed by atoms with Crippen molar-refractivity contribution in [3.05, 3.63) is 45.6 Å². The number of carbonyl (C=O) groups excluding carboxylic acids is 1. The number of nitro groups is 1. The number of non-ortho nitro benzene ring substituents is 1. The van der Waals surface area contributed by atoms with Crippen molar-refractivity contribution in [1.29, 1.82) is 0 Å². The van der Waals surface area contributed by atoms with Crippen LogP contribution in [0.1, 0.15) is 5.56 Å².